The number of halogens is 1. The third-order valence-corrected chi connectivity index (χ3v) is 6.59. The molecule has 2 aliphatic rings. The van der Waals surface area contributed by atoms with E-state index >= 15 is 0 Å². The largest absolute Gasteiger partial charge is 0.344 e. The summed E-state index contributed by atoms with van der Waals surface area (Å²) in [4.78, 5) is 25.5. The fourth-order valence-electron chi connectivity index (χ4n) is 3.35. The smallest absolute Gasteiger partial charge is 0.279 e. The van der Waals surface area contributed by atoms with E-state index in [1.54, 1.807) is 14.0 Å². The summed E-state index contributed by atoms with van der Waals surface area (Å²) >= 11 is 0. The number of likely N-dealkylation sites (N-methyl/N-ethyl adjacent to an activating group) is 1. The van der Waals surface area contributed by atoms with Gasteiger partial charge in [-0.3, -0.25) is 9.59 Å². The maximum atomic E-state index is 13.3. The molecular formula is C17H23FN4O4S. The molecule has 8 nitrogen and oxygen atoms in total. The summed E-state index contributed by atoms with van der Waals surface area (Å²) in [5.74, 6) is -1.24. The van der Waals surface area contributed by atoms with E-state index < -0.39 is 22.2 Å². The van der Waals surface area contributed by atoms with Gasteiger partial charge in [0.1, 0.15) is 5.82 Å². The molecule has 2 heterocycles. The van der Waals surface area contributed by atoms with Crippen molar-refractivity contribution in [2.45, 2.75) is 25.8 Å². The van der Waals surface area contributed by atoms with Crippen molar-refractivity contribution in [2.24, 2.45) is 5.92 Å². The molecule has 2 N–H and O–H groups in total. The van der Waals surface area contributed by atoms with Gasteiger partial charge in [-0.15, -0.1) is 0 Å². The Morgan fingerprint density at radius 1 is 1.30 bits per heavy atom. The molecule has 2 fully saturated rings. The van der Waals surface area contributed by atoms with Gasteiger partial charge in [0.15, 0.2) is 0 Å². The van der Waals surface area contributed by atoms with Crippen LogP contribution in [0.5, 0.6) is 0 Å². The third-order valence-electron chi connectivity index (χ3n) is 4.94. The Labute approximate surface area is 157 Å². The summed E-state index contributed by atoms with van der Waals surface area (Å²) in [7, 11) is -2.14. The molecule has 0 aliphatic carbocycles. The Hall–Kier alpha value is -2.04. The molecule has 0 spiro atoms. The fraction of sp³-hybridized carbons (Fsp3) is 0.529. The number of carbonyl (C=O) groups excluding carboxylic acids is 2. The van der Waals surface area contributed by atoms with Crippen LogP contribution in [0.2, 0.25) is 0 Å². The van der Waals surface area contributed by atoms with E-state index in [1.807, 2.05) is 0 Å². The van der Waals surface area contributed by atoms with E-state index in [9.17, 15) is 22.4 Å². The van der Waals surface area contributed by atoms with Gasteiger partial charge < -0.3 is 10.2 Å². The van der Waals surface area contributed by atoms with Crippen LogP contribution in [0, 0.1) is 18.7 Å². The van der Waals surface area contributed by atoms with E-state index in [-0.39, 0.29) is 37.1 Å². The number of anilines is 1. The highest BCUT2D eigenvalue weighted by molar-refractivity contribution is 7.87. The van der Waals surface area contributed by atoms with Crippen LogP contribution in [0.3, 0.4) is 0 Å². The maximum Gasteiger partial charge on any atom is 0.279 e. The standard InChI is InChI=1S/C17H23FN4O4S/c1-11-7-13(3-4-15(11)18)19-17(24)12-5-6-22(9-12)27(25,26)20-14-8-16(23)21(2)10-14/h3-4,7,12,14,20H,5-6,8-10H2,1-2H3,(H,19,24). The zero-order valence-corrected chi connectivity index (χ0v) is 16.1. The van der Waals surface area contributed by atoms with Crippen LogP contribution in [0.1, 0.15) is 18.4 Å². The van der Waals surface area contributed by atoms with Gasteiger partial charge in [0.05, 0.1) is 5.92 Å². The third kappa shape index (κ3) is 4.45. The molecule has 2 unspecified atom stereocenters. The summed E-state index contributed by atoms with van der Waals surface area (Å²) in [6, 6.07) is 3.83. The first-order valence-corrected chi connectivity index (χ1v) is 10.2. The summed E-state index contributed by atoms with van der Waals surface area (Å²) in [5.41, 5.74) is 0.898. The second kappa shape index (κ2) is 7.53. The molecule has 2 amide bonds. The molecule has 0 aromatic heterocycles. The van der Waals surface area contributed by atoms with E-state index in [4.69, 9.17) is 0 Å². The van der Waals surface area contributed by atoms with Crippen molar-refractivity contribution >= 4 is 27.7 Å². The molecule has 3 rings (SSSR count). The van der Waals surface area contributed by atoms with E-state index in [1.165, 1.54) is 27.4 Å². The molecule has 1 aromatic carbocycles. The van der Waals surface area contributed by atoms with Gasteiger partial charge >= 0.3 is 0 Å². The van der Waals surface area contributed by atoms with Crippen LogP contribution in [0.25, 0.3) is 0 Å². The lowest BCUT2D eigenvalue weighted by molar-refractivity contribution is -0.126. The maximum absolute atomic E-state index is 13.3. The number of aryl methyl sites for hydroxylation is 1. The number of hydrogen-bond acceptors (Lipinski definition) is 4. The van der Waals surface area contributed by atoms with Gasteiger partial charge in [0.25, 0.3) is 10.2 Å². The number of hydrogen-bond donors (Lipinski definition) is 2. The van der Waals surface area contributed by atoms with Crippen LogP contribution in [0.15, 0.2) is 18.2 Å². The predicted octanol–water partition coefficient (Wildman–Crippen LogP) is 0.460. The second-order valence-electron chi connectivity index (χ2n) is 7.10. The molecule has 148 valence electrons. The number of likely N-dealkylation sites (tertiary alicyclic amines) is 1. The number of nitrogens with one attached hydrogen (secondary N) is 2. The number of benzene rings is 1. The first kappa shape index (κ1) is 19.7. The van der Waals surface area contributed by atoms with Crippen molar-refractivity contribution < 1.29 is 22.4 Å². The number of amides is 2. The first-order chi connectivity index (χ1) is 12.7. The van der Waals surface area contributed by atoms with Crippen LogP contribution >= 0.6 is 0 Å². The van der Waals surface area contributed by atoms with Gasteiger partial charge in [-0.2, -0.15) is 17.4 Å². The minimum absolute atomic E-state index is 0.0673. The molecule has 2 saturated heterocycles. The number of carbonyl (C=O) groups is 2. The van der Waals surface area contributed by atoms with Crippen molar-refractivity contribution in [3.05, 3.63) is 29.6 Å². The lowest BCUT2D eigenvalue weighted by Crippen LogP contribution is -2.45. The van der Waals surface area contributed by atoms with E-state index in [0.717, 1.165) is 0 Å². The van der Waals surface area contributed by atoms with E-state index in [0.29, 0.717) is 24.2 Å². The van der Waals surface area contributed by atoms with Crippen molar-refractivity contribution in [2.75, 3.05) is 32.0 Å². The van der Waals surface area contributed by atoms with Crippen molar-refractivity contribution in [3.63, 3.8) is 0 Å². The lowest BCUT2D eigenvalue weighted by Gasteiger charge is -2.20. The Balaban J connectivity index is 1.57. The quantitative estimate of drug-likeness (QED) is 0.753. The summed E-state index contributed by atoms with van der Waals surface area (Å²) in [6.45, 7) is 2.23. The van der Waals surface area contributed by atoms with Gasteiger partial charge in [-0.1, -0.05) is 0 Å². The normalized spacial score (nSPS) is 23.8. The van der Waals surface area contributed by atoms with Crippen molar-refractivity contribution in [3.8, 4) is 0 Å². The Morgan fingerprint density at radius 2 is 2.04 bits per heavy atom. The first-order valence-electron chi connectivity index (χ1n) is 8.74. The Morgan fingerprint density at radius 3 is 2.67 bits per heavy atom. The van der Waals surface area contributed by atoms with Gasteiger partial charge in [-0.25, -0.2) is 4.39 Å². The average Bonchev–Trinajstić information content (AvgIpc) is 3.19. The monoisotopic (exact) mass is 398 g/mol. The lowest BCUT2D eigenvalue weighted by atomic mass is 10.1. The van der Waals surface area contributed by atoms with Crippen molar-refractivity contribution in [1.29, 1.82) is 0 Å². The van der Waals surface area contributed by atoms with Crippen molar-refractivity contribution in [1.82, 2.24) is 13.9 Å². The minimum atomic E-state index is -3.77. The average molecular weight is 398 g/mol. The molecule has 2 aliphatic heterocycles. The molecule has 0 saturated carbocycles. The highest BCUT2D eigenvalue weighted by Crippen LogP contribution is 2.22. The predicted molar refractivity (Wildman–Crippen MR) is 97.5 cm³/mol. The summed E-state index contributed by atoms with van der Waals surface area (Å²) < 4.78 is 42.1. The summed E-state index contributed by atoms with van der Waals surface area (Å²) in [6.07, 6.45) is 0.536. The van der Waals surface area contributed by atoms with Crippen LogP contribution in [0.4, 0.5) is 10.1 Å². The Kier molecular flexibility index (Phi) is 5.50. The van der Waals surface area contributed by atoms with Crippen LogP contribution < -0.4 is 10.0 Å². The highest BCUT2D eigenvalue weighted by atomic mass is 32.2. The molecule has 0 bridgehead atoms. The van der Waals surface area contributed by atoms with Gasteiger partial charge in [0, 0.05) is 44.8 Å². The highest BCUT2D eigenvalue weighted by Gasteiger charge is 2.38. The molecular weight excluding hydrogens is 375 g/mol. The fourth-order valence-corrected chi connectivity index (χ4v) is 4.81. The topological polar surface area (TPSA) is 98.8 Å². The van der Waals surface area contributed by atoms with E-state index in [2.05, 4.69) is 10.0 Å². The molecule has 1 aromatic rings. The minimum Gasteiger partial charge on any atom is -0.344 e. The number of nitrogens with zero attached hydrogens (tertiary/aromatic N) is 2. The zero-order valence-electron chi connectivity index (χ0n) is 15.2. The summed E-state index contributed by atoms with van der Waals surface area (Å²) in [5, 5.41) is 2.71. The van der Waals surface area contributed by atoms with Crippen LogP contribution in [-0.2, 0) is 19.8 Å². The Bertz CT molecular complexity index is 860. The SMILES string of the molecule is Cc1cc(NC(=O)C2CCN(S(=O)(=O)NC3CC(=O)N(C)C3)C2)ccc1F. The molecule has 10 heteroatoms. The molecule has 0 radical (unpaired) electrons. The second-order valence-corrected chi connectivity index (χ2v) is 8.80. The number of rotatable bonds is 5. The van der Waals surface area contributed by atoms with Gasteiger partial charge in [-0.05, 0) is 37.1 Å². The van der Waals surface area contributed by atoms with Gasteiger partial charge in [0.2, 0.25) is 11.8 Å². The molecule has 27 heavy (non-hydrogen) atoms. The zero-order chi connectivity index (χ0) is 19.8. The molecule has 2 atom stereocenters. The van der Waals surface area contributed by atoms with Crippen LogP contribution in [-0.4, -0.2) is 62.2 Å².